The summed E-state index contributed by atoms with van der Waals surface area (Å²) in [4.78, 5) is 25.4. The molecule has 5 rings (SSSR count). The van der Waals surface area contributed by atoms with Gasteiger partial charge in [0.1, 0.15) is 18.3 Å². The number of amides is 1. The van der Waals surface area contributed by atoms with Crippen molar-refractivity contribution in [3.8, 4) is 6.07 Å². The first-order chi connectivity index (χ1) is 18.5. The van der Waals surface area contributed by atoms with Crippen LogP contribution in [-0.4, -0.2) is 67.0 Å². The van der Waals surface area contributed by atoms with Gasteiger partial charge >= 0.3 is 0 Å². The number of benzene rings is 2. The van der Waals surface area contributed by atoms with Crippen molar-refractivity contribution in [2.75, 3.05) is 18.4 Å². The zero-order chi connectivity index (χ0) is 26.6. The summed E-state index contributed by atoms with van der Waals surface area (Å²) in [5.74, 6) is -0.307. The number of nitrogens with one attached hydrogen (secondary N) is 2. The molecule has 2 aromatic heterocycles. The number of fused-ring (bicyclic) bond motifs is 1. The van der Waals surface area contributed by atoms with Gasteiger partial charge in [-0.15, -0.1) is 0 Å². The minimum atomic E-state index is -1.45. The Labute approximate surface area is 218 Å². The highest BCUT2D eigenvalue weighted by Gasteiger charge is 2.47. The van der Waals surface area contributed by atoms with E-state index in [1.807, 2.05) is 42.5 Å². The van der Waals surface area contributed by atoms with E-state index in [0.717, 1.165) is 11.1 Å². The fourth-order valence-electron chi connectivity index (χ4n) is 4.65. The lowest BCUT2D eigenvalue weighted by molar-refractivity contribution is -0.137. The fourth-order valence-corrected chi connectivity index (χ4v) is 4.65. The second kappa shape index (κ2) is 10.9. The van der Waals surface area contributed by atoms with Crippen LogP contribution in [0.1, 0.15) is 36.0 Å². The maximum absolute atomic E-state index is 12.3. The van der Waals surface area contributed by atoms with Crippen molar-refractivity contribution in [3.63, 3.8) is 0 Å². The van der Waals surface area contributed by atoms with Gasteiger partial charge in [0.05, 0.1) is 6.33 Å². The molecule has 11 nitrogen and oxygen atoms in total. The monoisotopic (exact) mass is 513 g/mol. The normalized spacial score (nSPS) is 20.9. The molecule has 4 atom stereocenters. The van der Waals surface area contributed by atoms with E-state index in [1.54, 1.807) is 6.92 Å². The number of imidazole rings is 1. The zero-order valence-electron chi connectivity index (χ0n) is 20.6. The third kappa shape index (κ3) is 4.80. The van der Waals surface area contributed by atoms with E-state index in [0.29, 0.717) is 24.4 Å². The lowest BCUT2D eigenvalue weighted by atomic mass is 9.91. The standard InChI is InChI=1S/C27H27N7O4/c1-2-29-26(37)23-21(35)22(36)27(38-23)34-15-31-20-24(32-19(13-28)33-25(20)34)30-14-18(16-9-5-3-6-10-16)17-11-7-4-8-12-17/h3-12,15,18,21-23,27,35-36H,2,14H2,1H3,(H,29,37)(H,30,32,33)/t21-,22+,23-,27+/m0/s1. The fraction of sp³-hybridized carbons (Fsp3) is 0.296. The zero-order valence-corrected chi connectivity index (χ0v) is 20.6. The van der Waals surface area contributed by atoms with E-state index in [2.05, 4.69) is 49.9 Å². The highest BCUT2D eigenvalue weighted by atomic mass is 16.6. The maximum Gasteiger partial charge on any atom is 0.252 e. The van der Waals surface area contributed by atoms with Gasteiger partial charge < -0.3 is 25.6 Å². The van der Waals surface area contributed by atoms with Crippen LogP contribution in [0, 0.1) is 11.3 Å². The van der Waals surface area contributed by atoms with Crippen molar-refractivity contribution < 1.29 is 19.7 Å². The van der Waals surface area contributed by atoms with Gasteiger partial charge in [0.25, 0.3) is 5.91 Å². The molecule has 11 heteroatoms. The minimum absolute atomic E-state index is 0.0111. The minimum Gasteiger partial charge on any atom is -0.387 e. The summed E-state index contributed by atoms with van der Waals surface area (Å²) in [7, 11) is 0. The second-order valence-electron chi connectivity index (χ2n) is 8.91. The summed E-state index contributed by atoms with van der Waals surface area (Å²) < 4.78 is 7.13. The number of rotatable bonds is 8. The number of carbonyl (C=O) groups is 1. The Balaban J connectivity index is 1.47. The number of anilines is 1. The maximum atomic E-state index is 12.3. The van der Waals surface area contributed by atoms with E-state index in [1.165, 1.54) is 10.9 Å². The van der Waals surface area contributed by atoms with Crippen molar-refractivity contribution in [1.82, 2.24) is 24.8 Å². The Morgan fingerprint density at radius 1 is 1.08 bits per heavy atom. The van der Waals surface area contributed by atoms with Crippen LogP contribution in [0.2, 0.25) is 0 Å². The molecule has 1 amide bonds. The van der Waals surface area contributed by atoms with Crippen molar-refractivity contribution in [1.29, 1.82) is 5.26 Å². The molecular formula is C27H27N7O4. The molecule has 0 saturated carbocycles. The molecule has 0 unspecified atom stereocenters. The highest BCUT2D eigenvalue weighted by Crippen LogP contribution is 2.33. The molecule has 0 spiro atoms. The number of hydrogen-bond donors (Lipinski definition) is 4. The number of aromatic nitrogens is 4. The summed E-state index contributed by atoms with van der Waals surface area (Å²) in [6, 6.07) is 22.1. The molecular weight excluding hydrogens is 486 g/mol. The van der Waals surface area contributed by atoms with Crippen molar-refractivity contribution in [2.45, 2.75) is 37.4 Å². The number of hydrogen-bond acceptors (Lipinski definition) is 9. The van der Waals surface area contributed by atoms with Gasteiger partial charge in [0.15, 0.2) is 29.3 Å². The first-order valence-corrected chi connectivity index (χ1v) is 12.3. The second-order valence-corrected chi connectivity index (χ2v) is 8.91. The SMILES string of the molecule is CCNC(=O)[C@H]1O[C@@H](n2cnc3c(NCC(c4ccccc4)c4ccccc4)nc(C#N)nc32)[C@H](O)[C@@H]1O. The van der Waals surface area contributed by atoms with Crippen molar-refractivity contribution in [3.05, 3.63) is 83.9 Å². The van der Waals surface area contributed by atoms with Gasteiger partial charge in [-0.2, -0.15) is 15.2 Å². The predicted molar refractivity (Wildman–Crippen MR) is 138 cm³/mol. The molecule has 3 heterocycles. The molecule has 1 saturated heterocycles. The average molecular weight is 514 g/mol. The van der Waals surface area contributed by atoms with E-state index >= 15 is 0 Å². The van der Waals surface area contributed by atoms with Crippen LogP contribution in [0.5, 0.6) is 0 Å². The predicted octanol–water partition coefficient (Wildman–Crippen LogP) is 1.70. The number of aliphatic hydroxyl groups is 2. The van der Waals surface area contributed by atoms with E-state index in [4.69, 9.17) is 4.74 Å². The topological polar surface area (TPSA) is 158 Å². The van der Waals surface area contributed by atoms with Crippen LogP contribution in [0.3, 0.4) is 0 Å². The number of ether oxygens (including phenoxy) is 1. The van der Waals surface area contributed by atoms with Crippen molar-refractivity contribution >= 4 is 22.9 Å². The molecule has 194 valence electrons. The van der Waals surface area contributed by atoms with E-state index in [9.17, 15) is 20.3 Å². The highest BCUT2D eigenvalue weighted by molar-refractivity contribution is 5.84. The first-order valence-electron chi connectivity index (χ1n) is 12.3. The lowest BCUT2D eigenvalue weighted by Crippen LogP contribution is -2.42. The Bertz CT molecular complexity index is 1420. The molecule has 1 aliphatic rings. The van der Waals surface area contributed by atoms with Crippen LogP contribution in [0.25, 0.3) is 11.2 Å². The van der Waals surface area contributed by atoms with Crippen LogP contribution in [0.4, 0.5) is 5.82 Å². The van der Waals surface area contributed by atoms with Gasteiger partial charge in [-0.1, -0.05) is 60.7 Å². The van der Waals surface area contributed by atoms with Crippen LogP contribution >= 0.6 is 0 Å². The molecule has 0 aliphatic carbocycles. The summed E-state index contributed by atoms with van der Waals surface area (Å²) in [5, 5.41) is 36.6. The molecule has 2 aromatic carbocycles. The smallest absolute Gasteiger partial charge is 0.252 e. The van der Waals surface area contributed by atoms with Gasteiger partial charge in [-0.3, -0.25) is 9.36 Å². The van der Waals surface area contributed by atoms with Crippen LogP contribution < -0.4 is 10.6 Å². The number of nitrogens with zero attached hydrogens (tertiary/aromatic N) is 5. The summed E-state index contributed by atoms with van der Waals surface area (Å²) in [6.45, 7) is 2.55. The Morgan fingerprint density at radius 3 is 2.34 bits per heavy atom. The molecule has 4 aromatic rings. The van der Waals surface area contributed by atoms with Gasteiger partial charge in [0.2, 0.25) is 5.82 Å². The van der Waals surface area contributed by atoms with Crippen molar-refractivity contribution in [2.24, 2.45) is 0 Å². The summed E-state index contributed by atoms with van der Waals surface area (Å²) in [6.07, 6.45) is -3.88. The van der Waals surface area contributed by atoms with E-state index in [-0.39, 0.29) is 17.4 Å². The third-order valence-corrected chi connectivity index (χ3v) is 6.52. The molecule has 1 aliphatic heterocycles. The number of likely N-dealkylation sites (N-methyl/N-ethyl adjacent to an activating group) is 1. The van der Waals surface area contributed by atoms with Gasteiger partial charge in [-0.05, 0) is 18.1 Å². The van der Waals surface area contributed by atoms with Gasteiger partial charge in [-0.25, -0.2) is 4.98 Å². The summed E-state index contributed by atoms with van der Waals surface area (Å²) >= 11 is 0. The van der Waals surface area contributed by atoms with Crippen LogP contribution in [-0.2, 0) is 9.53 Å². The molecule has 4 N–H and O–H groups in total. The van der Waals surface area contributed by atoms with Gasteiger partial charge in [0, 0.05) is 19.0 Å². The lowest BCUT2D eigenvalue weighted by Gasteiger charge is -2.19. The molecule has 0 bridgehead atoms. The molecule has 38 heavy (non-hydrogen) atoms. The Morgan fingerprint density at radius 2 is 1.74 bits per heavy atom. The number of carbonyl (C=O) groups excluding carboxylic acids is 1. The third-order valence-electron chi connectivity index (χ3n) is 6.52. The Hall–Kier alpha value is -4.37. The molecule has 0 radical (unpaired) electrons. The first kappa shape index (κ1) is 25.3. The molecule has 1 fully saturated rings. The summed E-state index contributed by atoms with van der Waals surface area (Å²) in [5.41, 5.74) is 2.80. The largest absolute Gasteiger partial charge is 0.387 e. The van der Waals surface area contributed by atoms with Crippen LogP contribution in [0.15, 0.2) is 67.0 Å². The number of nitriles is 1. The number of aliphatic hydroxyl groups excluding tert-OH is 2. The quantitative estimate of drug-likeness (QED) is 0.275. The Kier molecular flexibility index (Phi) is 7.28. The van der Waals surface area contributed by atoms with E-state index < -0.39 is 30.4 Å². The average Bonchev–Trinajstić information content (AvgIpc) is 3.50.